The van der Waals surface area contributed by atoms with Gasteiger partial charge in [-0.05, 0) is 60.0 Å². The van der Waals surface area contributed by atoms with Crippen molar-refractivity contribution < 1.29 is 9.47 Å². The van der Waals surface area contributed by atoms with Gasteiger partial charge in [-0.3, -0.25) is 0 Å². The Kier molecular flexibility index (Phi) is 8.04. The van der Waals surface area contributed by atoms with Gasteiger partial charge in [-0.2, -0.15) is 4.68 Å². The molecule has 0 bridgehead atoms. The molecular formula is C22H28ClN5O2. The minimum Gasteiger partial charge on any atom is -0.490 e. The lowest BCUT2D eigenvalue weighted by Gasteiger charge is -2.23. The van der Waals surface area contributed by atoms with Crippen LogP contribution in [0.15, 0.2) is 48.5 Å². The van der Waals surface area contributed by atoms with Crippen molar-refractivity contribution in [3.63, 3.8) is 0 Å². The Hall–Kier alpha value is -2.64. The van der Waals surface area contributed by atoms with Crippen LogP contribution in [-0.4, -0.2) is 32.9 Å². The van der Waals surface area contributed by atoms with E-state index in [9.17, 15) is 0 Å². The molecule has 1 aliphatic carbocycles. The molecule has 0 aliphatic heterocycles. The zero-order valence-electron chi connectivity index (χ0n) is 17.2. The maximum atomic E-state index is 6.02. The Morgan fingerprint density at radius 1 is 1.03 bits per heavy atom. The first kappa shape index (κ1) is 22.1. The molecule has 1 aromatic heterocycles. The summed E-state index contributed by atoms with van der Waals surface area (Å²) in [6, 6.07) is 16.6. The molecule has 3 aromatic rings. The van der Waals surface area contributed by atoms with Gasteiger partial charge in [0.05, 0.1) is 12.3 Å². The Bertz CT molecular complexity index is 913. The van der Waals surface area contributed by atoms with Crippen LogP contribution >= 0.6 is 12.4 Å². The fourth-order valence-corrected chi connectivity index (χ4v) is 3.66. The highest BCUT2D eigenvalue weighted by Crippen LogP contribution is 2.32. The molecule has 0 unspecified atom stereocenters. The number of benzene rings is 2. The van der Waals surface area contributed by atoms with Crippen LogP contribution in [0.5, 0.6) is 17.5 Å². The third kappa shape index (κ3) is 5.49. The zero-order valence-corrected chi connectivity index (χ0v) is 18.0. The van der Waals surface area contributed by atoms with Crippen LogP contribution in [0.3, 0.4) is 0 Å². The lowest BCUT2D eigenvalue weighted by atomic mass is 9.95. The van der Waals surface area contributed by atoms with E-state index in [1.165, 1.54) is 37.7 Å². The van der Waals surface area contributed by atoms with E-state index in [1.807, 2.05) is 49.4 Å². The van der Waals surface area contributed by atoms with Gasteiger partial charge in [-0.15, -0.1) is 12.4 Å². The lowest BCUT2D eigenvalue weighted by molar-refractivity contribution is 0.314. The summed E-state index contributed by atoms with van der Waals surface area (Å²) in [5.74, 6) is 1.29. The number of rotatable bonds is 8. The van der Waals surface area contributed by atoms with Gasteiger partial charge >= 0.3 is 6.01 Å². The summed E-state index contributed by atoms with van der Waals surface area (Å²) in [5, 5.41) is 15.5. The van der Waals surface area contributed by atoms with E-state index in [-0.39, 0.29) is 12.4 Å². The molecule has 0 amide bonds. The number of nitrogens with one attached hydrogen (secondary N) is 1. The molecule has 2 aromatic carbocycles. The Morgan fingerprint density at radius 2 is 1.83 bits per heavy atom. The van der Waals surface area contributed by atoms with Gasteiger partial charge in [0, 0.05) is 12.6 Å². The second-order valence-corrected chi connectivity index (χ2v) is 7.24. The Balaban J connectivity index is 0.00000256. The summed E-state index contributed by atoms with van der Waals surface area (Å²) < 4.78 is 13.4. The summed E-state index contributed by atoms with van der Waals surface area (Å²) in [5.41, 5.74) is 2.01. The van der Waals surface area contributed by atoms with Crippen LogP contribution in [0.2, 0.25) is 0 Å². The summed E-state index contributed by atoms with van der Waals surface area (Å²) >= 11 is 0. The van der Waals surface area contributed by atoms with Crippen molar-refractivity contribution in [1.29, 1.82) is 0 Å². The van der Waals surface area contributed by atoms with Crippen molar-refractivity contribution >= 4 is 12.4 Å². The molecule has 0 atom stereocenters. The minimum atomic E-state index is 0. The van der Waals surface area contributed by atoms with Crippen LogP contribution in [0.25, 0.3) is 5.69 Å². The molecule has 4 rings (SSSR count). The summed E-state index contributed by atoms with van der Waals surface area (Å²) in [4.78, 5) is 0. The van der Waals surface area contributed by atoms with E-state index in [1.54, 1.807) is 4.68 Å². The first-order valence-electron chi connectivity index (χ1n) is 10.3. The molecule has 1 N–H and O–H groups in total. The van der Waals surface area contributed by atoms with Crippen LogP contribution in [0.4, 0.5) is 0 Å². The smallest absolute Gasteiger partial charge is 0.346 e. The van der Waals surface area contributed by atoms with E-state index < -0.39 is 0 Å². The van der Waals surface area contributed by atoms with E-state index in [4.69, 9.17) is 9.47 Å². The van der Waals surface area contributed by atoms with Crippen molar-refractivity contribution in [3.05, 3.63) is 54.1 Å². The van der Waals surface area contributed by atoms with Gasteiger partial charge in [0.25, 0.3) is 0 Å². The standard InChI is InChI=1S/C22H27N5O2.ClH/c1-2-28-21-15-17(16-23-18-9-5-3-6-10-18)13-14-20(21)29-22-24-25-26-27(22)19-11-7-4-8-12-19;/h4,7-8,11-15,18,23H,2-3,5-6,9-10,16H2,1H3;1H. The zero-order chi connectivity index (χ0) is 19.9. The summed E-state index contributed by atoms with van der Waals surface area (Å²) in [7, 11) is 0. The number of halogens is 1. The predicted octanol–water partition coefficient (Wildman–Crippen LogP) is 4.70. The molecular weight excluding hydrogens is 402 g/mol. The molecule has 7 nitrogen and oxygen atoms in total. The highest BCUT2D eigenvalue weighted by Gasteiger charge is 2.16. The molecule has 1 saturated carbocycles. The maximum Gasteiger partial charge on any atom is 0.346 e. The minimum absolute atomic E-state index is 0. The first-order chi connectivity index (χ1) is 14.3. The molecule has 8 heteroatoms. The number of ether oxygens (including phenoxy) is 2. The van der Waals surface area contributed by atoms with E-state index in [0.29, 0.717) is 30.2 Å². The number of para-hydroxylation sites is 1. The summed E-state index contributed by atoms with van der Waals surface area (Å²) in [6.45, 7) is 3.34. The first-order valence-corrected chi connectivity index (χ1v) is 10.3. The number of tetrazole rings is 1. The molecule has 160 valence electrons. The molecule has 1 fully saturated rings. The lowest BCUT2D eigenvalue weighted by Crippen LogP contribution is -2.30. The Labute approximate surface area is 183 Å². The fraction of sp³-hybridized carbons (Fsp3) is 0.409. The third-order valence-electron chi connectivity index (χ3n) is 5.15. The summed E-state index contributed by atoms with van der Waals surface area (Å²) in [6.07, 6.45) is 6.54. The van der Waals surface area contributed by atoms with Crippen LogP contribution in [-0.2, 0) is 6.54 Å². The van der Waals surface area contributed by atoms with Gasteiger partial charge < -0.3 is 14.8 Å². The van der Waals surface area contributed by atoms with Crippen molar-refractivity contribution in [2.45, 2.75) is 51.6 Å². The molecule has 0 saturated heterocycles. The average molecular weight is 430 g/mol. The second-order valence-electron chi connectivity index (χ2n) is 7.24. The number of hydrogen-bond donors (Lipinski definition) is 1. The molecule has 0 radical (unpaired) electrons. The monoisotopic (exact) mass is 429 g/mol. The van der Waals surface area contributed by atoms with Crippen molar-refractivity contribution in [2.24, 2.45) is 0 Å². The normalized spacial score (nSPS) is 14.2. The largest absolute Gasteiger partial charge is 0.490 e. The maximum absolute atomic E-state index is 6.02. The Morgan fingerprint density at radius 3 is 2.60 bits per heavy atom. The molecule has 30 heavy (non-hydrogen) atoms. The molecule has 1 aliphatic rings. The second kappa shape index (κ2) is 10.9. The topological polar surface area (TPSA) is 74.1 Å². The van der Waals surface area contributed by atoms with Gasteiger partial charge in [-0.25, -0.2) is 0 Å². The predicted molar refractivity (Wildman–Crippen MR) is 118 cm³/mol. The van der Waals surface area contributed by atoms with Crippen molar-refractivity contribution in [1.82, 2.24) is 25.5 Å². The van der Waals surface area contributed by atoms with Crippen LogP contribution in [0, 0.1) is 0 Å². The van der Waals surface area contributed by atoms with Crippen LogP contribution < -0.4 is 14.8 Å². The van der Waals surface area contributed by atoms with Crippen molar-refractivity contribution in [2.75, 3.05) is 6.61 Å². The van der Waals surface area contributed by atoms with Crippen molar-refractivity contribution in [3.8, 4) is 23.2 Å². The van der Waals surface area contributed by atoms with E-state index >= 15 is 0 Å². The number of hydrogen-bond acceptors (Lipinski definition) is 6. The quantitative estimate of drug-likeness (QED) is 0.559. The molecule has 1 heterocycles. The highest BCUT2D eigenvalue weighted by atomic mass is 35.5. The van der Waals surface area contributed by atoms with Gasteiger partial charge in [0.15, 0.2) is 11.5 Å². The highest BCUT2D eigenvalue weighted by molar-refractivity contribution is 5.85. The fourth-order valence-electron chi connectivity index (χ4n) is 3.66. The van der Waals surface area contributed by atoms with Crippen LogP contribution in [0.1, 0.15) is 44.6 Å². The van der Waals surface area contributed by atoms with Gasteiger partial charge in [0.1, 0.15) is 0 Å². The SMILES string of the molecule is CCOc1cc(CNC2CCCCC2)ccc1Oc1nnnn1-c1ccccc1.Cl. The number of aromatic nitrogens is 4. The molecule has 0 spiro atoms. The third-order valence-corrected chi connectivity index (χ3v) is 5.15. The number of nitrogens with zero attached hydrogens (tertiary/aromatic N) is 4. The average Bonchev–Trinajstić information content (AvgIpc) is 3.23. The van der Waals surface area contributed by atoms with Gasteiger partial charge in [0.2, 0.25) is 0 Å². The van der Waals surface area contributed by atoms with E-state index in [0.717, 1.165) is 12.2 Å². The van der Waals surface area contributed by atoms with Gasteiger partial charge in [-0.1, -0.05) is 48.6 Å². The van der Waals surface area contributed by atoms with E-state index in [2.05, 4.69) is 26.9 Å².